The van der Waals surface area contributed by atoms with Gasteiger partial charge in [0.05, 0.1) is 23.2 Å². The fourth-order valence-electron chi connectivity index (χ4n) is 2.92. The smallest absolute Gasteiger partial charge is 0.339 e. The Hall–Kier alpha value is -3.42. The molecule has 0 radical (unpaired) electrons. The summed E-state index contributed by atoms with van der Waals surface area (Å²) in [4.78, 5) is 35.0. The molecule has 2 aromatic carbocycles. The molecule has 0 fully saturated rings. The van der Waals surface area contributed by atoms with Gasteiger partial charge in [0.15, 0.2) is 6.61 Å². The van der Waals surface area contributed by atoms with Crippen LogP contribution in [0.25, 0.3) is 0 Å². The molecule has 0 unspecified atom stereocenters. The van der Waals surface area contributed by atoms with E-state index in [9.17, 15) is 19.7 Å². The van der Waals surface area contributed by atoms with Crippen LogP contribution >= 0.6 is 0 Å². The van der Waals surface area contributed by atoms with Crippen LogP contribution in [0.2, 0.25) is 0 Å². The van der Waals surface area contributed by atoms with Crippen LogP contribution < -0.4 is 10.1 Å². The van der Waals surface area contributed by atoms with Crippen molar-refractivity contribution in [2.24, 2.45) is 0 Å². The van der Waals surface area contributed by atoms with E-state index in [-0.39, 0.29) is 11.4 Å². The molecule has 0 atom stereocenters. The van der Waals surface area contributed by atoms with Crippen LogP contribution in [0.5, 0.6) is 5.75 Å². The van der Waals surface area contributed by atoms with Gasteiger partial charge in [0, 0.05) is 0 Å². The number of carbonyl (C=O) groups is 2. The number of aryl methyl sites for hydroxylation is 3. The minimum absolute atomic E-state index is 0.00259. The van der Waals surface area contributed by atoms with E-state index in [4.69, 9.17) is 9.47 Å². The first-order chi connectivity index (χ1) is 13.2. The molecule has 0 bridgehead atoms. The van der Waals surface area contributed by atoms with Gasteiger partial charge in [0.25, 0.3) is 11.6 Å². The zero-order valence-corrected chi connectivity index (χ0v) is 16.2. The molecule has 0 aliphatic rings. The third-order valence-electron chi connectivity index (χ3n) is 3.97. The fourth-order valence-corrected chi connectivity index (χ4v) is 2.92. The van der Waals surface area contributed by atoms with Crippen molar-refractivity contribution in [2.75, 3.05) is 18.5 Å². The molecule has 1 amide bonds. The number of nitrogens with one attached hydrogen (secondary N) is 1. The summed E-state index contributed by atoms with van der Waals surface area (Å²) in [6.45, 7) is 7.06. The largest absolute Gasteiger partial charge is 0.494 e. The van der Waals surface area contributed by atoms with Crippen molar-refractivity contribution >= 4 is 23.3 Å². The summed E-state index contributed by atoms with van der Waals surface area (Å²) in [5, 5.41) is 13.6. The van der Waals surface area contributed by atoms with Crippen molar-refractivity contribution in [2.45, 2.75) is 27.7 Å². The molecule has 0 heterocycles. The van der Waals surface area contributed by atoms with Crippen LogP contribution in [0.1, 0.15) is 34.0 Å². The van der Waals surface area contributed by atoms with Crippen LogP contribution in [0.4, 0.5) is 11.4 Å². The van der Waals surface area contributed by atoms with E-state index in [2.05, 4.69) is 5.32 Å². The van der Waals surface area contributed by atoms with Crippen LogP contribution in [-0.2, 0) is 9.53 Å². The highest BCUT2D eigenvalue weighted by Crippen LogP contribution is 2.29. The van der Waals surface area contributed by atoms with Crippen molar-refractivity contribution in [3.8, 4) is 5.75 Å². The minimum atomic E-state index is -0.678. The lowest BCUT2D eigenvalue weighted by Crippen LogP contribution is -2.22. The molecule has 148 valence electrons. The van der Waals surface area contributed by atoms with Crippen LogP contribution in [-0.4, -0.2) is 30.0 Å². The first kappa shape index (κ1) is 20.9. The normalized spacial score (nSPS) is 10.3. The van der Waals surface area contributed by atoms with E-state index >= 15 is 0 Å². The molecule has 28 heavy (non-hydrogen) atoms. The number of esters is 1. The Balaban J connectivity index is 2.07. The van der Waals surface area contributed by atoms with Gasteiger partial charge in [0.1, 0.15) is 11.4 Å². The Labute approximate surface area is 162 Å². The highest BCUT2D eigenvalue weighted by atomic mass is 16.6. The van der Waals surface area contributed by atoms with Gasteiger partial charge in [-0.15, -0.1) is 0 Å². The first-order valence-electron chi connectivity index (χ1n) is 8.69. The second-order valence-corrected chi connectivity index (χ2v) is 6.27. The van der Waals surface area contributed by atoms with E-state index in [1.807, 2.05) is 19.1 Å². The second kappa shape index (κ2) is 8.98. The number of hydrogen-bond acceptors (Lipinski definition) is 6. The summed E-state index contributed by atoms with van der Waals surface area (Å²) in [6.07, 6.45) is 0. The summed E-state index contributed by atoms with van der Waals surface area (Å²) in [6, 6.07) is 7.82. The summed E-state index contributed by atoms with van der Waals surface area (Å²) >= 11 is 0. The maximum Gasteiger partial charge on any atom is 0.339 e. The van der Waals surface area contributed by atoms with Gasteiger partial charge < -0.3 is 14.8 Å². The molecule has 8 nitrogen and oxygen atoms in total. The van der Waals surface area contributed by atoms with E-state index in [1.165, 1.54) is 18.2 Å². The highest BCUT2D eigenvalue weighted by Gasteiger charge is 2.19. The Morgan fingerprint density at radius 3 is 2.32 bits per heavy atom. The molecule has 1 N–H and O–H groups in total. The molecule has 0 spiro atoms. The zero-order valence-electron chi connectivity index (χ0n) is 16.2. The van der Waals surface area contributed by atoms with Crippen LogP contribution in [0.3, 0.4) is 0 Å². The van der Waals surface area contributed by atoms with Gasteiger partial charge in [0.2, 0.25) is 0 Å². The average molecular weight is 386 g/mol. The van der Waals surface area contributed by atoms with E-state index < -0.39 is 23.4 Å². The number of benzene rings is 2. The number of amides is 1. The molecule has 0 aromatic heterocycles. The van der Waals surface area contributed by atoms with E-state index in [0.717, 1.165) is 16.7 Å². The lowest BCUT2D eigenvalue weighted by Gasteiger charge is -2.11. The summed E-state index contributed by atoms with van der Waals surface area (Å²) in [7, 11) is 0. The lowest BCUT2D eigenvalue weighted by molar-refractivity contribution is -0.384. The molecule has 2 rings (SSSR count). The Bertz CT molecular complexity index is 900. The zero-order chi connectivity index (χ0) is 20.8. The number of nitrogens with zero attached hydrogens (tertiary/aromatic N) is 1. The average Bonchev–Trinajstić information content (AvgIpc) is 2.60. The standard InChI is InChI=1S/C20H22N2O6/c1-5-27-15-6-7-16(17(10-15)22(25)26)21-18(23)11-28-20(24)19-13(3)8-12(2)9-14(19)4/h6-10H,5,11H2,1-4H3,(H,21,23). The van der Waals surface area contributed by atoms with Gasteiger partial charge in [-0.05, 0) is 51.0 Å². The molecule has 0 saturated carbocycles. The molecular weight excluding hydrogens is 364 g/mol. The number of anilines is 1. The third-order valence-corrected chi connectivity index (χ3v) is 3.97. The summed E-state index contributed by atoms with van der Waals surface area (Å²) in [5.41, 5.74) is 2.63. The number of carbonyl (C=O) groups excluding carboxylic acids is 2. The Kier molecular flexibility index (Phi) is 6.70. The quantitative estimate of drug-likeness (QED) is 0.441. The number of hydrogen-bond donors (Lipinski definition) is 1. The predicted molar refractivity (Wildman–Crippen MR) is 104 cm³/mol. The number of nitro groups is 1. The number of ether oxygens (including phenoxy) is 2. The SMILES string of the molecule is CCOc1ccc(NC(=O)COC(=O)c2c(C)cc(C)cc2C)c([N+](=O)[O-])c1. The molecule has 8 heteroatoms. The van der Waals surface area contributed by atoms with Crippen LogP contribution in [0, 0.1) is 30.9 Å². The van der Waals surface area contributed by atoms with Gasteiger partial charge in [-0.2, -0.15) is 0 Å². The van der Waals surface area contributed by atoms with Crippen molar-refractivity contribution in [1.82, 2.24) is 0 Å². The van der Waals surface area contributed by atoms with Gasteiger partial charge >= 0.3 is 5.97 Å². The number of rotatable bonds is 7. The van der Waals surface area contributed by atoms with Crippen molar-refractivity contribution in [3.63, 3.8) is 0 Å². The fraction of sp³-hybridized carbons (Fsp3) is 0.300. The van der Waals surface area contributed by atoms with E-state index in [0.29, 0.717) is 17.9 Å². The summed E-state index contributed by atoms with van der Waals surface area (Å²) < 4.78 is 10.3. The molecule has 0 aliphatic heterocycles. The molecule has 0 saturated heterocycles. The first-order valence-corrected chi connectivity index (χ1v) is 8.69. The van der Waals surface area contributed by atoms with Gasteiger partial charge in [-0.1, -0.05) is 17.7 Å². The monoisotopic (exact) mass is 386 g/mol. The molecule has 0 aliphatic carbocycles. The minimum Gasteiger partial charge on any atom is -0.494 e. The Morgan fingerprint density at radius 1 is 1.11 bits per heavy atom. The maximum absolute atomic E-state index is 12.3. The van der Waals surface area contributed by atoms with E-state index in [1.54, 1.807) is 20.8 Å². The van der Waals surface area contributed by atoms with Gasteiger partial charge in [-0.3, -0.25) is 14.9 Å². The second-order valence-electron chi connectivity index (χ2n) is 6.27. The topological polar surface area (TPSA) is 108 Å². The molecular formula is C20H22N2O6. The van der Waals surface area contributed by atoms with Crippen LogP contribution in [0.15, 0.2) is 30.3 Å². The number of nitro benzene ring substituents is 1. The van der Waals surface area contributed by atoms with Crippen molar-refractivity contribution in [3.05, 3.63) is 62.7 Å². The molecule has 2 aromatic rings. The van der Waals surface area contributed by atoms with Crippen molar-refractivity contribution < 1.29 is 24.0 Å². The maximum atomic E-state index is 12.3. The van der Waals surface area contributed by atoms with Gasteiger partial charge in [-0.25, -0.2) is 4.79 Å². The predicted octanol–water partition coefficient (Wildman–Crippen LogP) is 3.71. The van der Waals surface area contributed by atoms with Crippen molar-refractivity contribution in [1.29, 1.82) is 0 Å². The highest BCUT2D eigenvalue weighted by molar-refractivity contribution is 5.98. The lowest BCUT2D eigenvalue weighted by atomic mass is 10.00. The Morgan fingerprint density at radius 2 is 1.75 bits per heavy atom. The summed E-state index contributed by atoms with van der Waals surface area (Å²) in [5.74, 6) is -0.974. The third kappa shape index (κ3) is 5.06.